The molecular weight excluding hydrogens is 182 g/mol. The Hall–Kier alpha value is -1.08. The molecule has 1 aromatic carbocycles. The van der Waals surface area contributed by atoms with Gasteiger partial charge in [-0.25, -0.2) is 0 Å². The van der Waals surface area contributed by atoms with Crippen molar-refractivity contribution in [2.45, 2.75) is 32.2 Å². The Morgan fingerprint density at radius 3 is 2.73 bits per heavy atom. The van der Waals surface area contributed by atoms with Gasteiger partial charge in [-0.05, 0) is 49.9 Å². The summed E-state index contributed by atoms with van der Waals surface area (Å²) in [6.07, 6.45) is 3.82. The molecule has 2 rings (SSSR count). The molecule has 0 saturated carbocycles. The standard InChI is InChI=1S/C14H19N/c1-10(2)14(15-3)13-8-7-11-5-4-6-12(11)9-13/h7-9,14-15H,1,4-6H2,2-3H3. The van der Waals surface area contributed by atoms with Crippen molar-refractivity contribution in [1.29, 1.82) is 0 Å². The van der Waals surface area contributed by atoms with Gasteiger partial charge in [0.15, 0.2) is 0 Å². The Morgan fingerprint density at radius 1 is 1.33 bits per heavy atom. The molecule has 0 aliphatic heterocycles. The fourth-order valence-corrected chi connectivity index (χ4v) is 2.47. The van der Waals surface area contributed by atoms with Gasteiger partial charge in [-0.15, -0.1) is 0 Å². The molecule has 1 atom stereocenters. The van der Waals surface area contributed by atoms with Crippen molar-refractivity contribution >= 4 is 0 Å². The van der Waals surface area contributed by atoms with Crippen LogP contribution in [-0.4, -0.2) is 7.05 Å². The van der Waals surface area contributed by atoms with Crippen molar-refractivity contribution in [2.24, 2.45) is 0 Å². The zero-order valence-electron chi connectivity index (χ0n) is 9.64. The van der Waals surface area contributed by atoms with Crippen molar-refractivity contribution in [3.8, 4) is 0 Å². The largest absolute Gasteiger partial charge is 0.310 e. The third kappa shape index (κ3) is 1.98. The van der Waals surface area contributed by atoms with E-state index < -0.39 is 0 Å². The number of hydrogen-bond donors (Lipinski definition) is 1. The van der Waals surface area contributed by atoms with E-state index in [2.05, 4.69) is 37.0 Å². The lowest BCUT2D eigenvalue weighted by molar-refractivity contribution is 0.679. The van der Waals surface area contributed by atoms with Crippen LogP contribution in [0.3, 0.4) is 0 Å². The highest BCUT2D eigenvalue weighted by atomic mass is 14.9. The quantitative estimate of drug-likeness (QED) is 0.741. The van der Waals surface area contributed by atoms with Gasteiger partial charge in [0.05, 0.1) is 6.04 Å². The molecule has 0 fully saturated rings. The van der Waals surface area contributed by atoms with E-state index >= 15 is 0 Å². The fourth-order valence-electron chi connectivity index (χ4n) is 2.47. The van der Waals surface area contributed by atoms with E-state index in [-0.39, 0.29) is 0 Å². The van der Waals surface area contributed by atoms with E-state index in [1.165, 1.54) is 41.5 Å². The van der Waals surface area contributed by atoms with E-state index in [0.29, 0.717) is 6.04 Å². The SMILES string of the molecule is C=C(C)C(NC)c1ccc2c(c1)CCC2. The fraction of sp³-hybridized carbons (Fsp3) is 0.429. The first kappa shape index (κ1) is 10.4. The number of fused-ring (bicyclic) bond motifs is 1. The van der Waals surface area contributed by atoms with Crippen molar-refractivity contribution < 1.29 is 0 Å². The minimum absolute atomic E-state index is 0.302. The predicted octanol–water partition coefficient (Wildman–Crippen LogP) is 3.01. The minimum atomic E-state index is 0.302. The molecular formula is C14H19N. The molecule has 0 saturated heterocycles. The van der Waals surface area contributed by atoms with Crippen LogP contribution in [0, 0.1) is 0 Å². The predicted molar refractivity (Wildman–Crippen MR) is 65.1 cm³/mol. The van der Waals surface area contributed by atoms with Crippen molar-refractivity contribution in [3.05, 3.63) is 47.0 Å². The van der Waals surface area contributed by atoms with Crippen molar-refractivity contribution in [3.63, 3.8) is 0 Å². The maximum absolute atomic E-state index is 4.03. The third-order valence-corrected chi connectivity index (χ3v) is 3.24. The van der Waals surface area contributed by atoms with Gasteiger partial charge in [-0.3, -0.25) is 0 Å². The van der Waals surface area contributed by atoms with Crippen LogP contribution in [0.15, 0.2) is 30.4 Å². The van der Waals surface area contributed by atoms with Gasteiger partial charge in [-0.2, -0.15) is 0 Å². The molecule has 80 valence electrons. The number of hydrogen-bond acceptors (Lipinski definition) is 1. The lowest BCUT2D eigenvalue weighted by atomic mass is 9.97. The Bertz CT molecular complexity index is 379. The summed E-state index contributed by atoms with van der Waals surface area (Å²) in [4.78, 5) is 0. The van der Waals surface area contributed by atoms with Gasteiger partial charge in [0.1, 0.15) is 0 Å². The average molecular weight is 201 g/mol. The van der Waals surface area contributed by atoms with Crippen LogP contribution < -0.4 is 5.32 Å². The number of rotatable bonds is 3. The molecule has 0 bridgehead atoms. The van der Waals surface area contributed by atoms with E-state index in [0.717, 1.165) is 0 Å². The minimum Gasteiger partial charge on any atom is -0.310 e. The molecule has 0 amide bonds. The molecule has 0 aromatic heterocycles. The molecule has 1 aromatic rings. The maximum Gasteiger partial charge on any atom is 0.0528 e. The smallest absolute Gasteiger partial charge is 0.0528 e. The highest BCUT2D eigenvalue weighted by Crippen LogP contribution is 2.27. The van der Waals surface area contributed by atoms with Crippen LogP contribution >= 0.6 is 0 Å². The van der Waals surface area contributed by atoms with Gasteiger partial charge in [0.25, 0.3) is 0 Å². The van der Waals surface area contributed by atoms with E-state index in [9.17, 15) is 0 Å². The summed E-state index contributed by atoms with van der Waals surface area (Å²) in [5, 5.41) is 3.31. The summed E-state index contributed by atoms with van der Waals surface area (Å²) < 4.78 is 0. The summed E-state index contributed by atoms with van der Waals surface area (Å²) in [7, 11) is 1.99. The number of benzene rings is 1. The Morgan fingerprint density at radius 2 is 2.07 bits per heavy atom. The van der Waals surface area contributed by atoms with E-state index in [1.807, 2.05) is 7.05 Å². The van der Waals surface area contributed by atoms with Crippen LogP contribution in [0.4, 0.5) is 0 Å². The first-order chi connectivity index (χ1) is 7.22. The van der Waals surface area contributed by atoms with Gasteiger partial charge < -0.3 is 5.32 Å². The molecule has 1 nitrogen and oxygen atoms in total. The topological polar surface area (TPSA) is 12.0 Å². The van der Waals surface area contributed by atoms with E-state index in [1.54, 1.807) is 0 Å². The molecule has 0 spiro atoms. The van der Waals surface area contributed by atoms with Crippen molar-refractivity contribution in [2.75, 3.05) is 7.05 Å². The van der Waals surface area contributed by atoms with Gasteiger partial charge in [0.2, 0.25) is 0 Å². The number of nitrogens with one attached hydrogen (secondary N) is 1. The number of aryl methyl sites for hydroxylation is 2. The first-order valence-electron chi connectivity index (χ1n) is 5.66. The summed E-state index contributed by atoms with van der Waals surface area (Å²) in [5.74, 6) is 0. The highest BCUT2D eigenvalue weighted by Gasteiger charge is 2.15. The molecule has 1 N–H and O–H groups in total. The second-order valence-electron chi connectivity index (χ2n) is 4.45. The molecule has 0 radical (unpaired) electrons. The van der Waals surface area contributed by atoms with Gasteiger partial charge in [0, 0.05) is 0 Å². The molecule has 1 aliphatic rings. The van der Waals surface area contributed by atoms with Crippen LogP contribution in [-0.2, 0) is 12.8 Å². The Balaban J connectivity index is 2.32. The normalized spacial score (nSPS) is 16.1. The Kier molecular flexibility index (Phi) is 2.92. The van der Waals surface area contributed by atoms with Gasteiger partial charge in [-0.1, -0.05) is 30.4 Å². The molecule has 1 unspecified atom stereocenters. The summed E-state index contributed by atoms with van der Waals surface area (Å²) in [6.45, 7) is 6.11. The van der Waals surface area contributed by atoms with Crippen LogP contribution in [0.5, 0.6) is 0 Å². The monoisotopic (exact) mass is 201 g/mol. The maximum atomic E-state index is 4.03. The Labute approximate surface area is 92.2 Å². The second-order valence-corrected chi connectivity index (χ2v) is 4.45. The third-order valence-electron chi connectivity index (χ3n) is 3.24. The lowest BCUT2D eigenvalue weighted by Gasteiger charge is -2.17. The zero-order valence-corrected chi connectivity index (χ0v) is 9.64. The second kappa shape index (κ2) is 4.19. The summed E-state index contributed by atoms with van der Waals surface area (Å²) in [5.41, 5.74) is 5.60. The first-order valence-corrected chi connectivity index (χ1v) is 5.66. The van der Waals surface area contributed by atoms with Crippen molar-refractivity contribution in [1.82, 2.24) is 5.32 Å². The summed E-state index contributed by atoms with van der Waals surface area (Å²) in [6, 6.07) is 7.17. The summed E-state index contributed by atoms with van der Waals surface area (Å²) >= 11 is 0. The van der Waals surface area contributed by atoms with Gasteiger partial charge >= 0.3 is 0 Å². The molecule has 15 heavy (non-hydrogen) atoms. The molecule has 1 aliphatic carbocycles. The lowest BCUT2D eigenvalue weighted by Crippen LogP contribution is -2.17. The number of likely N-dealkylation sites (N-methyl/N-ethyl adjacent to an activating group) is 1. The van der Waals surface area contributed by atoms with E-state index in [4.69, 9.17) is 0 Å². The zero-order chi connectivity index (χ0) is 10.8. The molecule has 0 heterocycles. The average Bonchev–Trinajstić information content (AvgIpc) is 2.65. The molecule has 1 heteroatoms. The van der Waals surface area contributed by atoms with Crippen LogP contribution in [0.25, 0.3) is 0 Å². The highest BCUT2D eigenvalue weighted by molar-refractivity contribution is 5.38. The van der Waals surface area contributed by atoms with Crippen LogP contribution in [0.2, 0.25) is 0 Å². The van der Waals surface area contributed by atoms with Crippen LogP contribution in [0.1, 0.15) is 36.1 Å².